The first kappa shape index (κ1) is 15.3. The summed E-state index contributed by atoms with van der Waals surface area (Å²) in [5, 5.41) is 8.13. The number of hydrogen-bond acceptors (Lipinski definition) is 2. The first-order valence-electron chi connectivity index (χ1n) is 7.16. The lowest BCUT2D eigenvalue weighted by atomic mass is 10.0. The Morgan fingerprint density at radius 1 is 1.25 bits per heavy atom. The van der Waals surface area contributed by atoms with Crippen molar-refractivity contribution in [2.45, 2.75) is 39.8 Å². The van der Waals surface area contributed by atoms with E-state index in [1.54, 1.807) is 0 Å². The molecule has 0 aliphatic heterocycles. The van der Waals surface area contributed by atoms with E-state index in [9.17, 15) is 0 Å². The van der Waals surface area contributed by atoms with Crippen molar-refractivity contribution in [3.63, 3.8) is 0 Å². The summed E-state index contributed by atoms with van der Waals surface area (Å²) in [6, 6.07) is 11.0. The highest BCUT2D eigenvalue weighted by molar-refractivity contribution is 9.10. The molecule has 0 bridgehead atoms. The van der Waals surface area contributed by atoms with Gasteiger partial charge in [0.1, 0.15) is 0 Å². The third-order valence-electron chi connectivity index (χ3n) is 3.39. The molecular weight excluding hydrogens is 314 g/mol. The van der Waals surface area contributed by atoms with Gasteiger partial charge in [-0.25, -0.2) is 0 Å². The Morgan fingerprint density at radius 3 is 2.55 bits per heavy atom. The molecule has 2 aromatic rings. The molecule has 1 aromatic heterocycles. The number of halogens is 1. The van der Waals surface area contributed by atoms with Gasteiger partial charge in [-0.3, -0.25) is 4.68 Å². The molecule has 0 radical (unpaired) electrons. The molecule has 0 spiro atoms. The lowest BCUT2D eigenvalue weighted by molar-refractivity contribution is 0.490. The van der Waals surface area contributed by atoms with Crippen molar-refractivity contribution in [2.75, 3.05) is 6.54 Å². The summed E-state index contributed by atoms with van der Waals surface area (Å²) >= 11 is 3.48. The first-order chi connectivity index (χ1) is 9.63. The molecule has 108 valence electrons. The third-order valence-corrected chi connectivity index (χ3v) is 3.92. The minimum Gasteiger partial charge on any atom is -0.309 e. The van der Waals surface area contributed by atoms with Gasteiger partial charge in [0.2, 0.25) is 0 Å². The number of hydrogen-bond donors (Lipinski definition) is 1. The zero-order chi connectivity index (χ0) is 14.5. The quantitative estimate of drug-likeness (QED) is 0.868. The molecule has 0 saturated carbocycles. The summed E-state index contributed by atoms with van der Waals surface area (Å²) in [5.74, 6) is 0. The van der Waals surface area contributed by atoms with Gasteiger partial charge in [0.25, 0.3) is 0 Å². The fourth-order valence-electron chi connectivity index (χ4n) is 2.48. The van der Waals surface area contributed by atoms with Crippen LogP contribution in [0.4, 0.5) is 0 Å². The Hall–Kier alpha value is -1.13. The summed E-state index contributed by atoms with van der Waals surface area (Å²) < 4.78 is 3.22. The van der Waals surface area contributed by atoms with Crippen molar-refractivity contribution < 1.29 is 0 Å². The van der Waals surface area contributed by atoms with Crippen LogP contribution in [0.2, 0.25) is 0 Å². The minimum atomic E-state index is 0.308. The fourth-order valence-corrected chi connectivity index (χ4v) is 2.75. The zero-order valence-corrected chi connectivity index (χ0v) is 13.9. The van der Waals surface area contributed by atoms with Gasteiger partial charge >= 0.3 is 0 Å². The van der Waals surface area contributed by atoms with Gasteiger partial charge < -0.3 is 5.32 Å². The largest absolute Gasteiger partial charge is 0.309 e. The van der Waals surface area contributed by atoms with Crippen LogP contribution in [-0.4, -0.2) is 16.3 Å². The van der Waals surface area contributed by atoms with E-state index < -0.39 is 0 Å². The topological polar surface area (TPSA) is 29.9 Å². The predicted octanol–water partition coefficient (Wildman–Crippen LogP) is 3.87. The first-order valence-corrected chi connectivity index (χ1v) is 7.95. The highest BCUT2D eigenvalue weighted by Gasteiger charge is 2.16. The molecule has 1 heterocycles. The molecule has 1 aromatic carbocycles. The van der Waals surface area contributed by atoms with Crippen LogP contribution in [0.5, 0.6) is 0 Å². The lowest BCUT2D eigenvalue weighted by Crippen LogP contribution is -2.25. The predicted molar refractivity (Wildman–Crippen MR) is 86.9 cm³/mol. The van der Waals surface area contributed by atoms with Crippen LogP contribution in [-0.2, 0) is 13.0 Å². The number of nitrogens with zero attached hydrogens (tertiary/aromatic N) is 2. The number of benzene rings is 1. The molecule has 2 rings (SSSR count). The van der Waals surface area contributed by atoms with Crippen LogP contribution >= 0.6 is 15.9 Å². The molecule has 1 N–H and O–H groups in total. The maximum absolute atomic E-state index is 4.56. The normalized spacial score (nSPS) is 12.6. The van der Waals surface area contributed by atoms with E-state index in [0.29, 0.717) is 6.04 Å². The van der Waals surface area contributed by atoms with Gasteiger partial charge in [-0.1, -0.05) is 35.0 Å². The third kappa shape index (κ3) is 3.70. The molecule has 1 atom stereocenters. The SMILES string of the molecule is CCNC(Cc1ccc(Br)cc1)c1cc(C)nn1CC. The Labute approximate surface area is 129 Å². The van der Waals surface area contributed by atoms with Crippen molar-refractivity contribution in [3.05, 3.63) is 51.8 Å². The highest BCUT2D eigenvalue weighted by Crippen LogP contribution is 2.21. The number of likely N-dealkylation sites (N-methyl/N-ethyl adjacent to an activating group) is 1. The van der Waals surface area contributed by atoms with E-state index in [1.807, 2.05) is 0 Å². The average Bonchev–Trinajstić information content (AvgIpc) is 2.82. The highest BCUT2D eigenvalue weighted by atomic mass is 79.9. The number of aromatic nitrogens is 2. The van der Waals surface area contributed by atoms with Crippen LogP contribution in [0.1, 0.15) is 36.8 Å². The Kier molecular flexibility index (Phi) is 5.38. The Morgan fingerprint density at radius 2 is 1.95 bits per heavy atom. The maximum atomic E-state index is 4.56. The molecule has 4 heteroatoms. The molecule has 0 aliphatic rings. The molecule has 0 amide bonds. The molecule has 0 saturated heterocycles. The van der Waals surface area contributed by atoms with Gasteiger partial charge in [0.05, 0.1) is 17.4 Å². The van der Waals surface area contributed by atoms with Gasteiger partial charge in [0, 0.05) is 11.0 Å². The van der Waals surface area contributed by atoms with E-state index >= 15 is 0 Å². The van der Waals surface area contributed by atoms with Crippen LogP contribution in [0.3, 0.4) is 0 Å². The zero-order valence-electron chi connectivity index (χ0n) is 12.4. The maximum Gasteiger partial charge on any atom is 0.0597 e. The summed E-state index contributed by atoms with van der Waals surface area (Å²) in [7, 11) is 0. The van der Waals surface area contributed by atoms with E-state index in [0.717, 1.165) is 29.7 Å². The molecule has 0 fully saturated rings. The summed E-state index contributed by atoms with van der Waals surface area (Å²) in [4.78, 5) is 0. The van der Waals surface area contributed by atoms with E-state index in [-0.39, 0.29) is 0 Å². The summed E-state index contributed by atoms with van der Waals surface area (Å²) in [6.45, 7) is 8.20. The van der Waals surface area contributed by atoms with Crippen molar-refractivity contribution in [1.82, 2.24) is 15.1 Å². The Balaban J connectivity index is 2.23. The van der Waals surface area contributed by atoms with E-state index in [2.05, 4.69) is 82.1 Å². The minimum absolute atomic E-state index is 0.308. The average molecular weight is 336 g/mol. The van der Waals surface area contributed by atoms with Gasteiger partial charge in [-0.2, -0.15) is 5.10 Å². The second-order valence-corrected chi connectivity index (χ2v) is 5.88. The fraction of sp³-hybridized carbons (Fsp3) is 0.438. The number of aryl methyl sites for hydroxylation is 2. The number of nitrogens with one attached hydrogen (secondary N) is 1. The summed E-state index contributed by atoms with van der Waals surface area (Å²) in [5.41, 5.74) is 3.69. The second kappa shape index (κ2) is 7.04. The smallest absolute Gasteiger partial charge is 0.0597 e. The number of rotatable bonds is 6. The molecular formula is C16H22BrN3. The standard InChI is InChI=1S/C16H22BrN3/c1-4-18-15(11-13-6-8-14(17)9-7-13)16-10-12(3)19-20(16)5-2/h6-10,15,18H,4-5,11H2,1-3H3. The molecule has 20 heavy (non-hydrogen) atoms. The van der Waals surface area contributed by atoms with Gasteiger partial charge in [0.15, 0.2) is 0 Å². The van der Waals surface area contributed by atoms with Crippen LogP contribution in [0.15, 0.2) is 34.8 Å². The van der Waals surface area contributed by atoms with Crippen LogP contribution in [0, 0.1) is 6.92 Å². The van der Waals surface area contributed by atoms with Gasteiger partial charge in [-0.05, 0) is 50.6 Å². The molecule has 1 unspecified atom stereocenters. The summed E-state index contributed by atoms with van der Waals surface area (Å²) in [6.07, 6.45) is 0.978. The van der Waals surface area contributed by atoms with Crippen molar-refractivity contribution in [1.29, 1.82) is 0 Å². The van der Waals surface area contributed by atoms with Crippen molar-refractivity contribution in [3.8, 4) is 0 Å². The lowest BCUT2D eigenvalue weighted by Gasteiger charge is -2.19. The van der Waals surface area contributed by atoms with Crippen molar-refractivity contribution in [2.24, 2.45) is 0 Å². The molecule has 0 aliphatic carbocycles. The van der Waals surface area contributed by atoms with Gasteiger partial charge in [-0.15, -0.1) is 0 Å². The van der Waals surface area contributed by atoms with Crippen molar-refractivity contribution >= 4 is 15.9 Å². The van der Waals surface area contributed by atoms with Crippen LogP contribution in [0.25, 0.3) is 0 Å². The Bertz CT molecular complexity index is 545. The van der Waals surface area contributed by atoms with Crippen LogP contribution < -0.4 is 5.32 Å². The van der Waals surface area contributed by atoms with E-state index in [1.165, 1.54) is 11.3 Å². The molecule has 3 nitrogen and oxygen atoms in total. The monoisotopic (exact) mass is 335 g/mol. The second-order valence-electron chi connectivity index (χ2n) is 4.97. The van der Waals surface area contributed by atoms with E-state index in [4.69, 9.17) is 0 Å².